The van der Waals surface area contributed by atoms with Crippen molar-refractivity contribution >= 4 is 5.57 Å². The Hall–Kier alpha value is -3.30. The number of unbranched alkanes of at least 4 members (excludes halogenated alkanes) is 3. The number of hydrogen-bond acceptors (Lipinski definition) is 3. The summed E-state index contributed by atoms with van der Waals surface area (Å²) in [5.74, 6) is 3.57. The van der Waals surface area contributed by atoms with Crippen molar-refractivity contribution in [1.82, 2.24) is 16.0 Å². The summed E-state index contributed by atoms with van der Waals surface area (Å²) >= 11 is 0. The number of fused-ring (bicyclic) bond motifs is 1. The topological polar surface area (TPSA) is 36.1 Å². The van der Waals surface area contributed by atoms with Crippen molar-refractivity contribution in [3.05, 3.63) is 124 Å². The van der Waals surface area contributed by atoms with Crippen molar-refractivity contribution in [2.75, 3.05) is 19.6 Å². The van der Waals surface area contributed by atoms with Gasteiger partial charge in [-0.2, -0.15) is 0 Å². The molecule has 2 heterocycles. The lowest BCUT2D eigenvalue weighted by Gasteiger charge is -2.47. The number of hydrogen-bond donors (Lipinski definition) is 3. The van der Waals surface area contributed by atoms with Gasteiger partial charge in [0.1, 0.15) is 0 Å². The quantitative estimate of drug-likeness (QED) is 0.125. The molecule has 4 aliphatic carbocycles. The molecule has 2 aliphatic heterocycles. The summed E-state index contributed by atoms with van der Waals surface area (Å²) in [6.07, 6.45) is 46.0. The maximum Gasteiger partial charge on any atom is 0.0578 e. The Morgan fingerprint density at radius 1 is 0.925 bits per heavy atom. The van der Waals surface area contributed by atoms with Gasteiger partial charge in [-0.25, -0.2) is 0 Å². The van der Waals surface area contributed by atoms with E-state index in [1.54, 1.807) is 16.7 Å². The molecule has 6 aliphatic rings. The van der Waals surface area contributed by atoms with E-state index in [-0.39, 0.29) is 0 Å². The fourth-order valence-corrected chi connectivity index (χ4v) is 10.7. The summed E-state index contributed by atoms with van der Waals surface area (Å²) < 4.78 is 0. The highest BCUT2D eigenvalue weighted by Crippen LogP contribution is 2.50. The van der Waals surface area contributed by atoms with Gasteiger partial charge in [-0.3, -0.25) is 0 Å². The second-order valence-electron chi connectivity index (χ2n) is 17.1. The van der Waals surface area contributed by atoms with Crippen LogP contribution in [0.15, 0.2) is 113 Å². The number of benzene rings is 1. The van der Waals surface area contributed by atoms with Crippen LogP contribution in [0.5, 0.6) is 0 Å². The molecular formula is C50H69N3. The highest BCUT2D eigenvalue weighted by atomic mass is 15.0. The first-order valence-corrected chi connectivity index (χ1v) is 22.0. The minimum atomic E-state index is 0.569. The van der Waals surface area contributed by atoms with Crippen molar-refractivity contribution < 1.29 is 0 Å². The fourth-order valence-electron chi connectivity index (χ4n) is 10.7. The Morgan fingerprint density at radius 3 is 2.70 bits per heavy atom. The van der Waals surface area contributed by atoms with E-state index >= 15 is 0 Å². The van der Waals surface area contributed by atoms with Crippen LogP contribution >= 0.6 is 0 Å². The van der Waals surface area contributed by atoms with Crippen molar-refractivity contribution in [3.8, 4) is 0 Å². The molecule has 0 aromatic heterocycles. The zero-order valence-electron chi connectivity index (χ0n) is 33.2. The molecule has 3 nitrogen and oxygen atoms in total. The molecule has 1 aromatic rings. The van der Waals surface area contributed by atoms with Gasteiger partial charge in [0.15, 0.2) is 0 Å². The van der Waals surface area contributed by atoms with Crippen LogP contribution in [0.4, 0.5) is 0 Å². The fraction of sp³-hybridized carbons (Fsp3) is 0.560. The Bertz CT molecular complexity index is 1620. The molecule has 1 aromatic carbocycles. The first-order chi connectivity index (χ1) is 26.2. The maximum atomic E-state index is 4.15. The van der Waals surface area contributed by atoms with Gasteiger partial charge in [-0.05, 0) is 160 Å². The van der Waals surface area contributed by atoms with E-state index in [1.165, 1.54) is 124 Å². The van der Waals surface area contributed by atoms with Gasteiger partial charge in [0.25, 0.3) is 0 Å². The average molecular weight is 712 g/mol. The third kappa shape index (κ3) is 9.88. The van der Waals surface area contributed by atoms with Crippen molar-refractivity contribution in [2.45, 2.75) is 129 Å². The van der Waals surface area contributed by atoms with E-state index in [4.69, 9.17) is 0 Å². The van der Waals surface area contributed by atoms with Gasteiger partial charge in [0.2, 0.25) is 0 Å². The Kier molecular flexibility index (Phi) is 13.9. The first kappa shape index (κ1) is 38.0. The van der Waals surface area contributed by atoms with Crippen LogP contribution in [0.1, 0.15) is 128 Å². The second kappa shape index (κ2) is 19.3. The summed E-state index contributed by atoms with van der Waals surface area (Å²) in [5.41, 5.74) is 12.0. The van der Waals surface area contributed by atoms with E-state index in [1.807, 2.05) is 0 Å². The minimum absolute atomic E-state index is 0.569. The lowest BCUT2D eigenvalue weighted by Crippen LogP contribution is -2.40. The summed E-state index contributed by atoms with van der Waals surface area (Å²) in [4.78, 5) is 0. The normalized spacial score (nSPS) is 28.0. The molecule has 53 heavy (non-hydrogen) atoms. The molecule has 1 saturated carbocycles. The lowest BCUT2D eigenvalue weighted by atomic mass is 9.58. The van der Waals surface area contributed by atoms with Crippen LogP contribution in [0.3, 0.4) is 0 Å². The first-order valence-electron chi connectivity index (χ1n) is 22.0. The molecule has 0 amide bonds. The van der Waals surface area contributed by atoms with Gasteiger partial charge in [-0.15, -0.1) is 0 Å². The third-order valence-corrected chi connectivity index (χ3v) is 13.7. The Balaban J connectivity index is 1.05. The standard InChI is InChI=1S/C50H69N3/c1-3-4-5-6-7-8-17-38-18-15-21-40(34-38)41(35-52-48-26-16-20-39-19-9-10-22-45(39)48)28-27-37(2)43-30-31-44(47-24-12-11-23-46(43)47)42-29-32-50(53-36-42)49-25-13-14-33-51-49/h7-8,11,13-15,18,21,23,25,28-29,32,34,37,43-44,46-48,51-53H,3-6,9-10,12,16-17,19-20,22,24,26-27,30-31,33,35-36H2,1-2H3/b8-7-,41-28+. The molecule has 0 bridgehead atoms. The van der Waals surface area contributed by atoms with Crippen molar-refractivity contribution in [1.29, 1.82) is 0 Å². The monoisotopic (exact) mass is 712 g/mol. The molecule has 284 valence electrons. The molecule has 3 heteroatoms. The van der Waals surface area contributed by atoms with Gasteiger partial charge in [0.05, 0.1) is 11.4 Å². The molecule has 6 atom stereocenters. The van der Waals surface area contributed by atoms with E-state index in [0.29, 0.717) is 23.8 Å². The van der Waals surface area contributed by atoms with Crippen LogP contribution in [0.2, 0.25) is 0 Å². The third-order valence-electron chi connectivity index (χ3n) is 13.7. The second-order valence-corrected chi connectivity index (χ2v) is 17.1. The molecular weight excluding hydrogens is 643 g/mol. The van der Waals surface area contributed by atoms with Crippen LogP contribution in [-0.4, -0.2) is 25.7 Å². The Morgan fingerprint density at radius 2 is 1.83 bits per heavy atom. The molecule has 7 rings (SSSR count). The van der Waals surface area contributed by atoms with E-state index < -0.39 is 0 Å². The summed E-state index contributed by atoms with van der Waals surface area (Å²) in [7, 11) is 0. The molecule has 6 unspecified atom stereocenters. The zero-order chi connectivity index (χ0) is 36.2. The van der Waals surface area contributed by atoms with Gasteiger partial charge >= 0.3 is 0 Å². The van der Waals surface area contributed by atoms with Crippen LogP contribution in [0, 0.1) is 29.6 Å². The predicted octanol–water partition coefficient (Wildman–Crippen LogP) is 11.9. The van der Waals surface area contributed by atoms with Gasteiger partial charge in [-0.1, -0.05) is 111 Å². The van der Waals surface area contributed by atoms with Gasteiger partial charge in [0, 0.05) is 25.7 Å². The molecule has 1 fully saturated rings. The molecule has 3 N–H and O–H groups in total. The van der Waals surface area contributed by atoms with Crippen molar-refractivity contribution in [2.24, 2.45) is 29.6 Å². The summed E-state index contributed by atoms with van der Waals surface area (Å²) in [6, 6.07) is 10.1. The maximum absolute atomic E-state index is 4.15. The molecule has 0 radical (unpaired) electrons. The van der Waals surface area contributed by atoms with Crippen molar-refractivity contribution in [3.63, 3.8) is 0 Å². The average Bonchev–Trinajstić information content (AvgIpc) is 3.22. The summed E-state index contributed by atoms with van der Waals surface area (Å²) in [5, 5.41) is 11.4. The number of dihydropyridines is 2. The lowest BCUT2D eigenvalue weighted by molar-refractivity contribution is 0.0919. The smallest absolute Gasteiger partial charge is 0.0578 e. The van der Waals surface area contributed by atoms with E-state index in [9.17, 15) is 0 Å². The Labute approximate surface area is 323 Å². The summed E-state index contributed by atoms with van der Waals surface area (Å²) in [6.45, 7) is 7.73. The van der Waals surface area contributed by atoms with E-state index in [0.717, 1.165) is 44.3 Å². The van der Waals surface area contributed by atoms with Crippen LogP contribution < -0.4 is 16.0 Å². The molecule has 0 saturated heterocycles. The number of allylic oxidation sites excluding steroid dienone is 10. The zero-order valence-corrected chi connectivity index (χ0v) is 33.2. The largest absolute Gasteiger partial charge is 0.380 e. The van der Waals surface area contributed by atoms with E-state index in [2.05, 4.69) is 115 Å². The SMILES string of the molecule is CCCCC/C=C\Cc1cccc(/C(=C/CC(C)C2CCC(C3=CC=C(C4=CC=CCN4)NC3)C3CCC=CC23)CNC2CCCC3=C2CCCC3)c1. The molecule has 0 spiro atoms. The number of rotatable bonds is 15. The van der Waals surface area contributed by atoms with Gasteiger partial charge < -0.3 is 16.0 Å². The van der Waals surface area contributed by atoms with Crippen LogP contribution in [-0.2, 0) is 6.42 Å². The highest BCUT2D eigenvalue weighted by molar-refractivity contribution is 5.67. The number of nitrogens with one attached hydrogen (secondary N) is 3. The minimum Gasteiger partial charge on any atom is -0.380 e. The predicted molar refractivity (Wildman–Crippen MR) is 227 cm³/mol. The highest BCUT2D eigenvalue weighted by Gasteiger charge is 2.42. The van der Waals surface area contributed by atoms with Crippen LogP contribution in [0.25, 0.3) is 5.57 Å².